The van der Waals surface area contributed by atoms with Gasteiger partial charge < -0.3 is 15.2 Å². The van der Waals surface area contributed by atoms with E-state index in [0.29, 0.717) is 12.2 Å². The highest BCUT2D eigenvalue weighted by atomic mass is 16.1. The fraction of sp³-hybridized carbons (Fsp3) is 0.267. The minimum Gasteiger partial charge on any atom is -0.398 e. The zero-order chi connectivity index (χ0) is 13.7. The summed E-state index contributed by atoms with van der Waals surface area (Å²) < 4.78 is 1.65. The van der Waals surface area contributed by atoms with Gasteiger partial charge in [0.15, 0.2) is 0 Å². The number of nitrogens with zero attached hydrogens (tertiary/aromatic N) is 2. The van der Waals surface area contributed by atoms with Crippen molar-refractivity contribution < 1.29 is 0 Å². The van der Waals surface area contributed by atoms with Gasteiger partial charge in [-0.2, -0.15) is 0 Å². The Balaban J connectivity index is 1.91. The number of nitrogens with two attached hydrogens (primary N) is 1. The van der Waals surface area contributed by atoms with E-state index in [1.165, 1.54) is 11.6 Å². The van der Waals surface area contributed by atoms with E-state index in [1.54, 1.807) is 16.8 Å². The molecule has 1 aromatic heterocycles. The van der Waals surface area contributed by atoms with Crippen LogP contribution in [-0.4, -0.2) is 23.1 Å². The van der Waals surface area contributed by atoms with Crippen LogP contribution >= 0.6 is 0 Å². The number of aromatic nitrogens is 1. The Morgan fingerprint density at radius 3 is 2.63 bits per heavy atom. The molecule has 2 rings (SSSR count). The highest BCUT2D eigenvalue weighted by Crippen LogP contribution is 2.03. The summed E-state index contributed by atoms with van der Waals surface area (Å²) in [7, 11) is 2.05. The van der Waals surface area contributed by atoms with Crippen LogP contribution in [0.4, 0.5) is 5.69 Å². The molecule has 1 heterocycles. The number of likely N-dealkylation sites (N-methyl/N-ethyl adjacent to an activating group) is 1. The first-order chi connectivity index (χ1) is 9.15. The lowest BCUT2D eigenvalue weighted by Gasteiger charge is -2.17. The summed E-state index contributed by atoms with van der Waals surface area (Å²) in [6.07, 6.45) is 1.69. The summed E-state index contributed by atoms with van der Waals surface area (Å²) in [4.78, 5) is 13.8. The Bertz CT molecular complexity index is 577. The van der Waals surface area contributed by atoms with Crippen LogP contribution in [0, 0.1) is 0 Å². The molecule has 100 valence electrons. The van der Waals surface area contributed by atoms with Crippen LogP contribution < -0.4 is 11.3 Å². The molecule has 0 atom stereocenters. The molecule has 2 N–H and O–H groups in total. The summed E-state index contributed by atoms with van der Waals surface area (Å²) in [5.74, 6) is 0. The normalized spacial score (nSPS) is 10.8. The average molecular weight is 257 g/mol. The molecule has 1 aromatic carbocycles. The van der Waals surface area contributed by atoms with Crippen LogP contribution in [0.5, 0.6) is 0 Å². The summed E-state index contributed by atoms with van der Waals surface area (Å²) in [6, 6.07) is 13.4. The third-order valence-corrected chi connectivity index (χ3v) is 3.02. The third kappa shape index (κ3) is 3.96. The Morgan fingerprint density at radius 1 is 1.16 bits per heavy atom. The van der Waals surface area contributed by atoms with E-state index < -0.39 is 0 Å². The van der Waals surface area contributed by atoms with Gasteiger partial charge in [-0.05, 0) is 18.7 Å². The van der Waals surface area contributed by atoms with Crippen molar-refractivity contribution in [1.29, 1.82) is 0 Å². The van der Waals surface area contributed by atoms with Crippen molar-refractivity contribution in [2.75, 3.05) is 19.3 Å². The summed E-state index contributed by atoms with van der Waals surface area (Å²) in [5.41, 5.74) is 7.56. The van der Waals surface area contributed by atoms with Gasteiger partial charge in [0, 0.05) is 37.6 Å². The van der Waals surface area contributed by atoms with E-state index in [-0.39, 0.29) is 5.56 Å². The van der Waals surface area contributed by atoms with Crippen molar-refractivity contribution in [2.24, 2.45) is 0 Å². The van der Waals surface area contributed by atoms with Crippen LogP contribution in [0.15, 0.2) is 53.5 Å². The topological polar surface area (TPSA) is 51.3 Å². The molecule has 0 bridgehead atoms. The summed E-state index contributed by atoms with van der Waals surface area (Å²) in [5, 5.41) is 0. The SMILES string of the molecule is CN(CCn1cc(N)ccc1=O)Cc1ccccc1. The minimum atomic E-state index is -0.0117. The molecule has 0 fully saturated rings. The van der Waals surface area contributed by atoms with Crippen molar-refractivity contribution in [1.82, 2.24) is 9.47 Å². The van der Waals surface area contributed by atoms with Gasteiger partial charge in [0.25, 0.3) is 5.56 Å². The van der Waals surface area contributed by atoms with Crippen molar-refractivity contribution >= 4 is 5.69 Å². The fourth-order valence-corrected chi connectivity index (χ4v) is 1.98. The van der Waals surface area contributed by atoms with Crippen LogP contribution in [0.3, 0.4) is 0 Å². The van der Waals surface area contributed by atoms with Gasteiger partial charge in [0.2, 0.25) is 0 Å². The zero-order valence-corrected chi connectivity index (χ0v) is 11.1. The second-order valence-electron chi connectivity index (χ2n) is 4.72. The van der Waals surface area contributed by atoms with E-state index in [0.717, 1.165) is 13.1 Å². The maximum Gasteiger partial charge on any atom is 0.250 e. The molecule has 0 aliphatic heterocycles. The monoisotopic (exact) mass is 257 g/mol. The first-order valence-electron chi connectivity index (χ1n) is 6.33. The molecule has 0 saturated heterocycles. The lowest BCUT2D eigenvalue weighted by atomic mass is 10.2. The molecule has 2 aromatic rings. The minimum absolute atomic E-state index is 0.0117. The van der Waals surface area contributed by atoms with Gasteiger partial charge in [-0.3, -0.25) is 4.79 Å². The second kappa shape index (κ2) is 6.20. The second-order valence-corrected chi connectivity index (χ2v) is 4.72. The van der Waals surface area contributed by atoms with Gasteiger partial charge >= 0.3 is 0 Å². The first-order valence-corrected chi connectivity index (χ1v) is 6.33. The smallest absolute Gasteiger partial charge is 0.250 e. The molecule has 19 heavy (non-hydrogen) atoms. The zero-order valence-electron chi connectivity index (χ0n) is 11.1. The predicted octanol–water partition coefficient (Wildman–Crippen LogP) is 1.56. The fourth-order valence-electron chi connectivity index (χ4n) is 1.98. The van der Waals surface area contributed by atoms with Crippen molar-refractivity contribution in [3.05, 3.63) is 64.6 Å². The molecular weight excluding hydrogens is 238 g/mol. The largest absolute Gasteiger partial charge is 0.398 e. The number of rotatable bonds is 5. The Labute approximate surface area is 113 Å². The van der Waals surface area contributed by atoms with Crippen LogP contribution in [0.2, 0.25) is 0 Å². The predicted molar refractivity (Wildman–Crippen MR) is 77.9 cm³/mol. The maximum atomic E-state index is 11.6. The molecule has 0 unspecified atom stereocenters. The van der Waals surface area contributed by atoms with E-state index in [9.17, 15) is 4.79 Å². The number of benzene rings is 1. The highest BCUT2D eigenvalue weighted by Gasteiger charge is 2.02. The van der Waals surface area contributed by atoms with E-state index >= 15 is 0 Å². The lowest BCUT2D eigenvalue weighted by molar-refractivity contribution is 0.310. The number of nitrogen functional groups attached to an aromatic ring is 1. The molecule has 0 saturated carbocycles. The van der Waals surface area contributed by atoms with Crippen LogP contribution in [0.25, 0.3) is 0 Å². The van der Waals surface area contributed by atoms with Gasteiger partial charge in [-0.15, -0.1) is 0 Å². The van der Waals surface area contributed by atoms with Crippen molar-refractivity contribution in [3.8, 4) is 0 Å². The summed E-state index contributed by atoms with van der Waals surface area (Å²) in [6.45, 7) is 2.32. The molecule has 0 radical (unpaired) electrons. The van der Waals surface area contributed by atoms with Crippen LogP contribution in [0.1, 0.15) is 5.56 Å². The molecular formula is C15H19N3O. The molecule has 0 aliphatic rings. The quantitative estimate of drug-likeness (QED) is 0.884. The van der Waals surface area contributed by atoms with Crippen LogP contribution in [-0.2, 0) is 13.1 Å². The molecule has 0 amide bonds. The average Bonchev–Trinajstić information content (AvgIpc) is 2.41. The lowest BCUT2D eigenvalue weighted by Crippen LogP contribution is -2.27. The number of anilines is 1. The Hall–Kier alpha value is -2.07. The van der Waals surface area contributed by atoms with Gasteiger partial charge in [-0.25, -0.2) is 0 Å². The van der Waals surface area contributed by atoms with E-state index in [2.05, 4.69) is 17.0 Å². The number of hydrogen-bond acceptors (Lipinski definition) is 3. The number of hydrogen-bond donors (Lipinski definition) is 1. The van der Waals surface area contributed by atoms with E-state index in [4.69, 9.17) is 5.73 Å². The first kappa shape index (κ1) is 13.4. The van der Waals surface area contributed by atoms with Gasteiger partial charge in [-0.1, -0.05) is 30.3 Å². The summed E-state index contributed by atoms with van der Waals surface area (Å²) >= 11 is 0. The van der Waals surface area contributed by atoms with Gasteiger partial charge in [0.05, 0.1) is 0 Å². The molecule has 4 heteroatoms. The number of pyridine rings is 1. The Morgan fingerprint density at radius 2 is 1.89 bits per heavy atom. The molecule has 4 nitrogen and oxygen atoms in total. The van der Waals surface area contributed by atoms with Crippen molar-refractivity contribution in [3.63, 3.8) is 0 Å². The standard InChI is InChI=1S/C15H19N3O/c1-17(11-13-5-3-2-4-6-13)9-10-18-12-14(16)7-8-15(18)19/h2-8,12H,9-11,16H2,1H3. The van der Waals surface area contributed by atoms with Crippen molar-refractivity contribution in [2.45, 2.75) is 13.1 Å². The molecule has 0 aliphatic carbocycles. The third-order valence-electron chi connectivity index (χ3n) is 3.02. The van der Waals surface area contributed by atoms with E-state index in [1.807, 2.05) is 25.2 Å². The molecule has 0 spiro atoms. The van der Waals surface area contributed by atoms with Gasteiger partial charge in [0.1, 0.15) is 0 Å². The maximum absolute atomic E-state index is 11.6. The Kier molecular flexibility index (Phi) is 4.36. The highest BCUT2D eigenvalue weighted by molar-refractivity contribution is 5.33.